The van der Waals surface area contributed by atoms with E-state index in [1.807, 2.05) is 21.0 Å². The van der Waals surface area contributed by atoms with E-state index >= 15 is 4.39 Å². The molecular weight excluding hydrogens is 669 g/mol. The predicted octanol–water partition coefficient (Wildman–Crippen LogP) is 4.26. The van der Waals surface area contributed by atoms with Gasteiger partial charge < -0.3 is 19.9 Å². The number of aryl methyl sites for hydroxylation is 1. The van der Waals surface area contributed by atoms with Gasteiger partial charge in [-0.25, -0.2) is 22.8 Å². The molecule has 0 aliphatic carbocycles. The number of piperazine rings is 1. The number of aromatic nitrogens is 4. The van der Waals surface area contributed by atoms with E-state index in [1.54, 1.807) is 6.07 Å². The molecule has 14 nitrogen and oxygen atoms in total. The number of nitro benzene ring substituents is 1. The SMILES string of the molecule is COc1c(Nc2cc(C)[nH]n2)nc(Sc2ccc(S(=O)(=O)Cc3cccc([N+](=O)[O-])c3F)cc2F)nc1N1CCN(CCN(C)C)CC1. The first-order valence-corrected chi connectivity index (χ1v) is 17.3. The van der Waals surface area contributed by atoms with Gasteiger partial charge in [-0.15, -0.1) is 0 Å². The number of aromatic amines is 1. The Morgan fingerprint density at radius 3 is 2.50 bits per heavy atom. The molecule has 0 bridgehead atoms. The average molecular weight is 704 g/mol. The van der Waals surface area contributed by atoms with Crippen LogP contribution in [0.1, 0.15) is 11.3 Å². The summed E-state index contributed by atoms with van der Waals surface area (Å²) in [7, 11) is 1.32. The van der Waals surface area contributed by atoms with E-state index in [0.717, 1.165) is 61.8 Å². The zero-order valence-corrected chi connectivity index (χ0v) is 28.4. The molecule has 1 aliphatic rings. The second-order valence-electron chi connectivity index (χ2n) is 11.4. The van der Waals surface area contributed by atoms with Crippen molar-refractivity contribution in [3.05, 3.63) is 75.5 Å². The van der Waals surface area contributed by atoms with Crippen molar-refractivity contribution in [3.63, 3.8) is 0 Å². The number of benzene rings is 2. The molecule has 0 unspecified atom stereocenters. The van der Waals surface area contributed by atoms with Crippen LogP contribution in [0.5, 0.6) is 5.75 Å². The van der Waals surface area contributed by atoms with E-state index < -0.39 is 48.3 Å². The summed E-state index contributed by atoms with van der Waals surface area (Å²) in [5, 5.41) is 21.5. The number of nitrogens with zero attached hydrogens (tertiary/aromatic N) is 7. The highest BCUT2D eigenvalue weighted by atomic mass is 32.2. The van der Waals surface area contributed by atoms with Gasteiger partial charge in [0.15, 0.2) is 32.4 Å². The number of hydrogen-bond acceptors (Lipinski definition) is 13. The van der Waals surface area contributed by atoms with Crippen LogP contribution in [0.15, 0.2) is 57.4 Å². The topological polar surface area (TPSA) is 163 Å². The Labute approximate surface area is 280 Å². The summed E-state index contributed by atoms with van der Waals surface area (Å²) in [4.78, 5) is 25.7. The summed E-state index contributed by atoms with van der Waals surface area (Å²) in [5.41, 5.74) is -0.422. The highest BCUT2D eigenvalue weighted by molar-refractivity contribution is 7.99. The third-order valence-corrected chi connectivity index (χ3v) is 10.2. The van der Waals surface area contributed by atoms with E-state index in [9.17, 15) is 22.9 Å². The number of hydrogen-bond donors (Lipinski definition) is 2. The van der Waals surface area contributed by atoms with Gasteiger partial charge in [0.25, 0.3) is 0 Å². The van der Waals surface area contributed by atoms with Gasteiger partial charge >= 0.3 is 5.69 Å². The number of nitro groups is 1. The number of rotatable bonds is 13. The zero-order chi connectivity index (χ0) is 34.6. The molecule has 0 radical (unpaired) electrons. The van der Waals surface area contributed by atoms with Crippen molar-refractivity contribution in [1.29, 1.82) is 0 Å². The standard InChI is InChI=1S/C30H35F2N9O5S2/c1-19-16-25(37-36-19)33-28-27(46-4)29(40-14-12-39(13-15-40)11-10-38(2)3)35-30(34-28)47-24-9-8-21(17-22(24)31)48(44,45)18-20-6-5-7-23(26(20)32)41(42)43/h5-9,16-17H,10-15,18H2,1-4H3,(H2,33,34,35,36,37). The monoisotopic (exact) mass is 703 g/mol. The Morgan fingerprint density at radius 1 is 1.12 bits per heavy atom. The fraction of sp³-hybridized carbons (Fsp3) is 0.367. The largest absolute Gasteiger partial charge is 0.490 e. The molecule has 1 saturated heterocycles. The summed E-state index contributed by atoms with van der Waals surface area (Å²) >= 11 is 0.891. The molecule has 1 fully saturated rings. The molecule has 2 aromatic heterocycles. The maximum absolute atomic E-state index is 15.5. The molecule has 2 N–H and O–H groups in total. The first kappa shape index (κ1) is 34.9. The van der Waals surface area contributed by atoms with Crippen LogP contribution in [0.2, 0.25) is 0 Å². The van der Waals surface area contributed by atoms with Crippen molar-refractivity contribution < 1.29 is 26.9 Å². The first-order valence-electron chi connectivity index (χ1n) is 14.8. The van der Waals surface area contributed by atoms with Crippen LogP contribution in [0, 0.1) is 28.7 Å². The van der Waals surface area contributed by atoms with Crippen LogP contribution in [0.4, 0.5) is 31.9 Å². The molecule has 0 amide bonds. The number of likely N-dealkylation sites (N-methyl/N-ethyl adjacent to an activating group) is 1. The maximum Gasteiger partial charge on any atom is 0.305 e. The number of sulfone groups is 1. The number of anilines is 3. The van der Waals surface area contributed by atoms with E-state index in [-0.39, 0.29) is 10.1 Å². The normalized spacial score (nSPS) is 14.0. The summed E-state index contributed by atoms with van der Waals surface area (Å²) < 4.78 is 62.1. The van der Waals surface area contributed by atoms with Gasteiger partial charge in [0.05, 0.1) is 27.6 Å². The van der Waals surface area contributed by atoms with Crippen molar-refractivity contribution >= 4 is 44.7 Å². The molecule has 5 rings (SSSR count). The van der Waals surface area contributed by atoms with Gasteiger partial charge in [0, 0.05) is 62.7 Å². The molecule has 48 heavy (non-hydrogen) atoms. The lowest BCUT2D eigenvalue weighted by molar-refractivity contribution is -0.387. The summed E-state index contributed by atoms with van der Waals surface area (Å²) in [6.45, 7) is 6.65. The van der Waals surface area contributed by atoms with Crippen LogP contribution in [0.25, 0.3) is 0 Å². The van der Waals surface area contributed by atoms with Crippen LogP contribution >= 0.6 is 11.8 Å². The average Bonchev–Trinajstić information content (AvgIpc) is 3.45. The van der Waals surface area contributed by atoms with Gasteiger partial charge in [0.2, 0.25) is 11.6 Å². The van der Waals surface area contributed by atoms with Crippen LogP contribution in [-0.2, 0) is 15.6 Å². The Morgan fingerprint density at radius 2 is 1.88 bits per heavy atom. The Bertz CT molecular complexity index is 1900. The molecular formula is C30H35F2N9O5S2. The van der Waals surface area contributed by atoms with E-state index in [1.165, 1.54) is 25.3 Å². The van der Waals surface area contributed by atoms with Crippen molar-refractivity contribution in [2.75, 3.05) is 70.7 Å². The van der Waals surface area contributed by atoms with Gasteiger partial charge in [0.1, 0.15) is 5.82 Å². The Balaban J connectivity index is 1.42. The van der Waals surface area contributed by atoms with Crippen LogP contribution in [-0.4, -0.2) is 104 Å². The smallest absolute Gasteiger partial charge is 0.305 e. The number of halogens is 2. The lowest BCUT2D eigenvalue weighted by atomic mass is 10.2. The highest BCUT2D eigenvalue weighted by Gasteiger charge is 2.27. The number of nitrogens with one attached hydrogen (secondary N) is 2. The minimum Gasteiger partial charge on any atom is -0.490 e. The Kier molecular flexibility index (Phi) is 10.8. The van der Waals surface area contributed by atoms with Crippen molar-refractivity contribution in [3.8, 4) is 5.75 Å². The Hall–Kier alpha value is -4.39. The molecule has 0 saturated carbocycles. The van der Waals surface area contributed by atoms with Crippen molar-refractivity contribution in [2.45, 2.75) is 27.6 Å². The summed E-state index contributed by atoms with van der Waals surface area (Å²) in [5.74, 6) is -1.32. The van der Waals surface area contributed by atoms with Crippen LogP contribution in [0.3, 0.4) is 0 Å². The molecule has 4 aromatic rings. The van der Waals surface area contributed by atoms with E-state index in [4.69, 9.17) is 9.72 Å². The third kappa shape index (κ3) is 8.18. The van der Waals surface area contributed by atoms with E-state index in [2.05, 4.69) is 35.2 Å². The molecule has 18 heteroatoms. The predicted molar refractivity (Wildman–Crippen MR) is 177 cm³/mol. The lowest BCUT2D eigenvalue weighted by Crippen LogP contribution is -2.48. The van der Waals surface area contributed by atoms with Gasteiger partial charge in [-0.3, -0.25) is 20.1 Å². The van der Waals surface area contributed by atoms with Crippen molar-refractivity contribution in [2.24, 2.45) is 0 Å². The molecule has 0 spiro atoms. The third-order valence-electron chi connectivity index (χ3n) is 7.58. The minimum absolute atomic E-state index is 0.0432. The molecule has 256 valence electrons. The summed E-state index contributed by atoms with van der Waals surface area (Å²) in [6, 6.07) is 8.35. The minimum atomic E-state index is -4.27. The fourth-order valence-electron chi connectivity index (χ4n) is 5.04. The second-order valence-corrected chi connectivity index (χ2v) is 14.4. The van der Waals surface area contributed by atoms with Gasteiger partial charge in [-0.05, 0) is 51.0 Å². The van der Waals surface area contributed by atoms with Gasteiger partial charge in [-0.1, -0.05) is 12.1 Å². The quantitative estimate of drug-likeness (QED) is 0.116. The summed E-state index contributed by atoms with van der Waals surface area (Å²) in [6.07, 6.45) is 0. The molecule has 1 aliphatic heterocycles. The first-order chi connectivity index (χ1) is 22.8. The van der Waals surface area contributed by atoms with Crippen LogP contribution < -0.4 is 15.0 Å². The van der Waals surface area contributed by atoms with Crippen molar-refractivity contribution in [1.82, 2.24) is 30.0 Å². The molecule has 3 heterocycles. The number of methoxy groups -OCH3 is 1. The number of ether oxygens (including phenoxy) is 1. The fourth-order valence-corrected chi connectivity index (χ4v) is 7.16. The zero-order valence-electron chi connectivity index (χ0n) is 26.7. The van der Waals surface area contributed by atoms with E-state index in [0.29, 0.717) is 36.3 Å². The molecule has 0 atom stereocenters. The highest BCUT2D eigenvalue weighted by Crippen LogP contribution is 2.39. The maximum atomic E-state index is 15.5. The lowest BCUT2D eigenvalue weighted by Gasteiger charge is -2.36. The molecule has 2 aromatic carbocycles. The van der Waals surface area contributed by atoms with Gasteiger partial charge in [-0.2, -0.15) is 9.49 Å². The number of H-pyrrole nitrogens is 1. The second kappa shape index (κ2) is 14.8.